The third-order valence-electron chi connectivity index (χ3n) is 4.83. The predicted molar refractivity (Wildman–Crippen MR) is 121 cm³/mol. The second-order valence-corrected chi connectivity index (χ2v) is 9.53. The molecular formula is C22H26N4OS2. The number of ether oxygens (including phenoxy) is 1. The molecule has 1 aliphatic rings. The average Bonchev–Trinajstić information content (AvgIpc) is 3.09. The summed E-state index contributed by atoms with van der Waals surface area (Å²) in [4.78, 5) is 7.09. The van der Waals surface area contributed by atoms with E-state index in [-0.39, 0.29) is 6.23 Å². The van der Waals surface area contributed by atoms with Crippen LogP contribution in [0.3, 0.4) is 0 Å². The van der Waals surface area contributed by atoms with E-state index in [1.807, 2.05) is 24.3 Å². The van der Waals surface area contributed by atoms with Gasteiger partial charge >= 0.3 is 0 Å². The van der Waals surface area contributed by atoms with Crippen molar-refractivity contribution in [2.75, 3.05) is 11.1 Å². The summed E-state index contributed by atoms with van der Waals surface area (Å²) in [7, 11) is 0. The summed E-state index contributed by atoms with van der Waals surface area (Å²) in [5, 5.41) is 13.0. The number of hydrogen-bond acceptors (Lipinski definition) is 7. The molecule has 1 aliphatic heterocycles. The summed E-state index contributed by atoms with van der Waals surface area (Å²) in [5.41, 5.74) is 2.64. The van der Waals surface area contributed by atoms with E-state index in [0.717, 1.165) is 21.9 Å². The lowest BCUT2D eigenvalue weighted by Crippen LogP contribution is -2.15. The molecule has 1 atom stereocenters. The average molecular weight is 427 g/mol. The van der Waals surface area contributed by atoms with Crippen LogP contribution in [0, 0.1) is 6.92 Å². The molecular weight excluding hydrogens is 400 g/mol. The Morgan fingerprint density at radius 2 is 1.93 bits per heavy atom. The van der Waals surface area contributed by atoms with Gasteiger partial charge in [0, 0.05) is 21.9 Å². The highest BCUT2D eigenvalue weighted by atomic mass is 32.2. The number of benzene rings is 1. The molecule has 0 unspecified atom stereocenters. The Kier molecular flexibility index (Phi) is 6.67. The maximum absolute atomic E-state index is 6.31. The number of fused-ring (bicyclic) bond motifs is 3. The fourth-order valence-electron chi connectivity index (χ4n) is 3.30. The van der Waals surface area contributed by atoms with E-state index in [0.29, 0.717) is 16.7 Å². The van der Waals surface area contributed by atoms with Gasteiger partial charge in [-0.2, -0.15) is 4.98 Å². The molecule has 0 bridgehead atoms. The van der Waals surface area contributed by atoms with Gasteiger partial charge in [0.1, 0.15) is 0 Å². The van der Waals surface area contributed by atoms with Crippen LogP contribution in [0.1, 0.15) is 55.0 Å². The van der Waals surface area contributed by atoms with Crippen molar-refractivity contribution in [3.8, 4) is 17.1 Å². The molecule has 152 valence electrons. The van der Waals surface area contributed by atoms with E-state index in [2.05, 4.69) is 41.5 Å². The van der Waals surface area contributed by atoms with Crippen LogP contribution in [0.25, 0.3) is 11.3 Å². The van der Waals surface area contributed by atoms with Gasteiger partial charge in [-0.3, -0.25) is 0 Å². The fraction of sp³-hybridized carbons (Fsp3) is 0.409. The number of anilines is 1. The van der Waals surface area contributed by atoms with Crippen LogP contribution < -0.4 is 10.1 Å². The summed E-state index contributed by atoms with van der Waals surface area (Å²) in [6, 6.07) is 12.3. The number of thiophene rings is 1. The molecule has 0 aliphatic carbocycles. The van der Waals surface area contributed by atoms with Crippen molar-refractivity contribution in [3.63, 3.8) is 0 Å². The molecule has 0 fully saturated rings. The number of aryl methyl sites for hydroxylation is 1. The van der Waals surface area contributed by atoms with Crippen molar-refractivity contribution in [2.24, 2.45) is 0 Å². The van der Waals surface area contributed by atoms with Gasteiger partial charge in [-0.05, 0) is 31.5 Å². The molecule has 4 rings (SSSR count). The predicted octanol–water partition coefficient (Wildman–Crippen LogP) is 6.47. The molecule has 1 N–H and O–H groups in total. The van der Waals surface area contributed by atoms with Crippen LogP contribution in [0.15, 0.2) is 41.6 Å². The Bertz CT molecular complexity index is 959. The van der Waals surface area contributed by atoms with Crippen molar-refractivity contribution in [3.05, 3.63) is 46.2 Å². The summed E-state index contributed by atoms with van der Waals surface area (Å²) in [5.74, 6) is 1.55. The second kappa shape index (κ2) is 9.59. The normalized spacial score (nSPS) is 15.0. The molecule has 2 aromatic heterocycles. The first kappa shape index (κ1) is 20.2. The molecule has 7 heteroatoms. The fourth-order valence-corrected chi connectivity index (χ4v) is 4.94. The van der Waals surface area contributed by atoms with E-state index in [9.17, 15) is 0 Å². The highest BCUT2D eigenvalue weighted by Crippen LogP contribution is 2.40. The first-order chi connectivity index (χ1) is 14.2. The van der Waals surface area contributed by atoms with Crippen LogP contribution >= 0.6 is 23.1 Å². The number of unbranched alkanes of at least 4 members (excludes halogenated alkanes) is 4. The van der Waals surface area contributed by atoms with E-state index in [1.54, 1.807) is 23.1 Å². The first-order valence-electron chi connectivity index (χ1n) is 10.2. The maximum atomic E-state index is 6.31. The second-order valence-electron chi connectivity index (χ2n) is 7.15. The smallest absolute Gasteiger partial charge is 0.247 e. The summed E-state index contributed by atoms with van der Waals surface area (Å²) < 4.78 is 6.31. The number of rotatable bonds is 8. The zero-order valence-electron chi connectivity index (χ0n) is 16.9. The van der Waals surface area contributed by atoms with Gasteiger partial charge in [0.15, 0.2) is 5.69 Å². The molecule has 5 nitrogen and oxygen atoms in total. The van der Waals surface area contributed by atoms with E-state index in [1.165, 1.54) is 37.0 Å². The maximum Gasteiger partial charge on any atom is 0.247 e. The minimum atomic E-state index is -0.292. The lowest BCUT2D eigenvalue weighted by Gasteiger charge is -2.17. The minimum Gasteiger partial charge on any atom is -0.447 e. The number of hydrogen-bond donors (Lipinski definition) is 1. The van der Waals surface area contributed by atoms with Crippen LogP contribution in [0.4, 0.5) is 5.69 Å². The Morgan fingerprint density at radius 1 is 1.07 bits per heavy atom. The number of para-hydroxylation sites is 1. The van der Waals surface area contributed by atoms with E-state index < -0.39 is 0 Å². The molecule has 0 amide bonds. The monoisotopic (exact) mass is 426 g/mol. The lowest BCUT2D eigenvalue weighted by atomic mass is 10.1. The summed E-state index contributed by atoms with van der Waals surface area (Å²) in [6.45, 7) is 4.34. The summed E-state index contributed by atoms with van der Waals surface area (Å²) in [6.07, 6.45) is 6.02. The Labute approximate surface area is 180 Å². The standard InChI is InChI=1S/C22H26N4OS2/c1-3-4-5-6-9-14-28-22-24-21-19(25-26-22)16-10-7-8-11-17(16)23-20(27-21)18-13-12-15(2)29-18/h7-8,10-13,20,23H,3-6,9,14H2,1-2H3/t20-/m1/s1. The van der Waals surface area contributed by atoms with Crippen molar-refractivity contribution in [1.82, 2.24) is 15.2 Å². The third-order valence-corrected chi connectivity index (χ3v) is 6.80. The zero-order valence-corrected chi connectivity index (χ0v) is 18.5. The highest BCUT2D eigenvalue weighted by Gasteiger charge is 2.26. The van der Waals surface area contributed by atoms with Crippen LogP contribution in [-0.2, 0) is 0 Å². The van der Waals surface area contributed by atoms with Gasteiger partial charge < -0.3 is 10.1 Å². The van der Waals surface area contributed by atoms with Crippen molar-refractivity contribution < 1.29 is 4.74 Å². The number of aromatic nitrogens is 3. The van der Waals surface area contributed by atoms with Crippen molar-refractivity contribution >= 4 is 28.8 Å². The SMILES string of the molecule is CCCCCCCSc1nnc2c(n1)O[C@H](c1ccc(C)s1)Nc1ccccc1-2. The van der Waals surface area contributed by atoms with Gasteiger partial charge in [0.05, 0.1) is 4.88 Å². The van der Waals surface area contributed by atoms with Gasteiger partial charge in [-0.25, -0.2) is 0 Å². The molecule has 0 saturated carbocycles. The first-order valence-corrected chi connectivity index (χ1v) is 12.0. The van der Waals surface area contributed by atoms with Crippen LogP contribution in [-0.4, -0.2) is 20.9 Å². The van der Waals surface area contributed by atoms with E-state index in [4.69, 9.17) is 9.72 Å². The lowest BCUT2D eigenvalue weighted by molar-refractivity contribution is 0.229. The Balaban J connectivity index is 1.56. The zero-order chi connectivity index (χ0) is 20.1. The van der Waals surface area contributed by atoms with Gasteiger partial charge in [0.25, 0.3) is 0 Å². The van der Waals surface area contributed by atoms with Crippen molar-refractivity contribution in [1.29, 1.82) is 0 Å². The van der Waals surface area contributed by atoms with E-state index >= 15 is 0 Å². The van der Waals surface area contributed by atoms with Gasteiger partial charge in [-0.1, -0.05) is 62.6 Å². The quantitative estimate of drug-likeness (QED) is 0.329. The van der Waals surface area contributed by atoms with Crippen LogP contribution in [0.5, 0.6) is 5.88 Å². The Hall–Kier alpha value is -2.12. The molecule has 0 saturated heterocycles. The molecule has 3 aromatic rings. The molecule has 0 spiro atoms. The number of nitrogens with one attached hydrogen (secondary N) is 1. The summed E-state index contributed by atoms with van der Waals surface area (Å²) >= 11 is 3.38. The molecule has 3 heterocycles. The third kappa shape index (κ3) is 4.90. The highest BCUT2D eigenvalue weighted by molar-refractivity contribution is 7.99. The molecule has 0 radical (unpaired) electrons. The topological polar surface area (TPSA) is 59.9 Å². The largest absolute Gasteiger partial charge is 0.447 e. The van der Waals surface area contributed by atoms with Crippen LogP contribution in [0.2, 0.25) is 0 Å². The Morgan fingerprint density at radius 3 is 2.76 bits per heavy atom. The van der Waals surface area contributed by atoms with Gasteiger partial charge in [0.2, 0.25) is 17.3 Å². The number of nitrogens with zero attached hydrogens (tertiary/aromatic N) is 3. The molecule has 1 aromatic carbocycles. The number of thioether (sulfide) groups is 1. The molecule has 29 heavy (non-hydrogen) atoms. The van der Waals surface area contributed by atoms with Crippen molar-refractivity contribution in [2.45, 2.75) is 57.3 Å². The minimum absolute atomic E-state index is 0.292. The van der Waals surface area contributed by atoms with Gasteiger partial charge in [-0.15, -0.1) is 21.5 Å².